The Morgan fingerprint density at radius 1 is 1.20 bits per heavy atom. The average Bonchev–Trinajstić information content (AvgIpc) is 1.60. The van der Waals surface area contributed by atoms with E-state index in [1.54, 1.807) is 11.8 Å². The fourth-order valence-corrected chi connectivity index (χ4v) is 1.37. The van der Waals surface area contributed by atoms with Crippen LogP contribution in [0.25, 0.3) is 0 Å². The van der Waals surface area contributed by atoms with E-state index in [0.29, 0.717) is 0 Å². The second kappa shape index (κ2) is 3.29. The van der Waals surface area contributed by atoms with Gasteiger partial charge in [0.15, 0.2) is 0 Å². The Morgan fingerprint density at radius 2 is 1.60 bits per heavy atom. The predicted octanol–water partition coefficient (Wildman–Crippen LogP) is 3.61. The van der Waals surface area contributed by atoms with E-state index in [0.717, 1.165) is 10.5 Å². The minimum absolute atomic E-state index is 0.260. The van der Waals surface area contributed by atoms with Crippen molar-refractivity contribution in [2.75, 3.05) is 0 Å². The van der Waals surface area contributed by atoms with Gasteiger partial charge in [0, 0.05) is 9.65 Å². The molecule has 0 aromatic carbocycles. The van der Waals surface area contributed by atoms with Crippen molar-refractivity contribution in [3.63, 3.8) is 0 Å². The first kappa shape index (κ1) is 9.83. The van der Waals surface area contributed by atoms with E-state index >= 15 is 0 Å². The van der Waals surface area contributed by atoms with E-state index in [9.17, 15) is 0 Å². The van der Waals surface area contributed by atoms with Crippen molar-refractivity contribution < 1.29 is 0 Å². The first-order chi connectivity index (χ1) is 4.33. The van der Waals surface area contributed by atoms with Gasteiger partial charge in [-0.15, -0.1) is 11.8 Å². The van der Waals surface area contributed by atoms with Crippen LogP contribution in [0.15, 0.2) is 23.6 Å². The number of hydrogen-bond acceptors (Lipinski definition) is 1. The summed E-state index contributed by atoms with van der Waals surface area (Å²) in [6.45, 7) is 16.2. The second-order valence-electron chi connectivity index (χ2n) is 3.42. The van der Waals surface area contributed by atoms with Crippen LogP contribution in [0, 0.1) is 0 Å². The fraction of sp³-hybridized carbons (Fsp3) is 0.556. The Bertz CT molecular complexity index is 149. The van der Waals surface area contributed by atoms with Gasteiger partial charge in [0.25, 0.3) is 0 Å². The molecule has 58 valence electrons. The van der Waals surface area contributed by atoms with Gasteiger partial charge in [-0.1, -0.05) is 33.9 Å². The van der Waals surface area contributed by atoms with Crippen LogP contribution in [-0.4, -0.2) is 4.75 Å². The van der Waals surface area contributed by atoms with Crippen LogP contribution in [0.1, 0.15) is 27.7 Å². The van der Waals surface area contributed by atoms with Crippen LogP contribution in [0.4, 0.5) is 0 Å². The Balaban J connectivity index is 3.93. The SMILES string of the molecule is C=C(C)C(=C)SC(C)(C)C. The molecule has 0 radical (unpaired) electrons. The van der Waals surface area contributed by atoms with E-state index in [1.807, 2.05) is 6.92 Å². The molecule has 0 unspecified atom stereocenters. The van der Waals surface area contributed by atoms with Crippen molar-refractivity contribution in [2.45, 2.75) is 32.4 Å². The highest BCUT2D eigenvalue weighted by Crippen LogP contribution is 2.32. The van der Waals surface area contributed by atoms with Gasteiger partial charge in [0.05, 0.1) is 0 Å². The maximum atomic E-state index is 3.90. The van der Waals surface area contributed by atoms with Crippen LogP contribution < -0.4 is 0 Å². The average molecular weight is 156 g/mol. The lowest BCUT2D eigenvalue weighted by molar-refractivity contribution is 0.806. The van der Waals surface area contributed by atoms with Crippen LogP contribution >= 0.6 is 11.8 Å². The van der Waals surface area contributed by atoms with Crippen molar-refractivity contribution in [1.29, 1.82) is 0 Å². The summed E-state index contributed by atoms with van der Waals surface area (Å²) in [5.74, 6) is 0. The zero-order chi connectivity index (χ0) is 8.36. The monoisotopic (exact) mass is 156 g/mol. The zero-order valence-corrected chi connectivity index (χ0v) is 8.14. The van der Waals surface area contributed by atoms with Crippen molar-refractivity contribution >= 4 is 11.8 Å². The largest absolute Gasteiger partial charge is 0.121 e. The molecule has 0 saturated carbocycles. The molecule has 0 aromatic heterocycles. The third kappa shape index (κ3) is 4.68. The maximum absolute atomic E-state index is 3.90. The lowest BCUT2D eigenvalue weighted by atomic mass is 10.3. The van der Waals surface area contributed by atoms with Gasteiger partial charge < -0.3 is 0 Å². The summed E-state index contributed by atoms with van der Waals surface area (Å²) in [5, 5.41) is 0. The van der Waals surface area contributed by atoms with Crippen molar-refractivity contribution in [1.82, 2.24) is 0 Å². The van der Waals surface area contributed by atoms with Gasteiger partial charge in [-0.25, -0.2) is 0 Å². The molecule has 0 heterocycles. The molecule has 0 rings (SSSR count). The van der Waals surface area contributed by atoms with E-state index < -0.39 is 0 Å². The molecule has 0 spiro atoms. The molecule has 0 amide bonds. The minimum Gasteiger partial charge on any atom is -0.121 e. The highest BCUT2D eigenvalue weighted by atomic mass is 32.2. The summed E-state index contributed by atoms with van der Waals surface area (Å²) >= 11 is 1.77. The van der Waals surface area contributed by atoms with Gasteiger partial charge >= 0.3 is 0 Å². The molecular weight excluding hydrogens is 140 g/mol. The first-order valence-electron chi connectivity index (χ1n) is 3.37. The highest BCUT2D eigenvalue weighted by molar-refractivity contribution is 8.04. The Hall–Kier alpha value is -0.170. The standard InChI is InChI=1S/C9H16S/c1-7(2)8(3)10-9(4,5)6/h1,3H2,2,4-6H3. The van der Waals surface area contributed by atoms with Crippen LogP contribution in [-0.2, 0) is 0 Å². The zero-order valence-electron chi connectivity index (χ0n) is 7.32. The van der Waals surface area contributed by atoms with Crippen molar-refractivity contribution in [3.8, 4) is 0 Å². The summed E-state index contributed by atoms with van der Waals surface area (Å²) in [5.41, 5.74) is 1.07. The molecule has 0 aliphatic heterocycles. The fourth-order valence-electron chi connectivity index (χ4n) is 0.457. The van der Waals surface area contributed by atoms with Crippen molar-refractivity contribution in [2.24, 2.45) is 0 Å². The molecule has 0 fully saturated rings. The molecule has 0 N–H and O–H groups in total. The van der Waals surface area contributed by atoms with E-state index in [2.05, 4.69) is 33.9 Å². The molecule has 0 nitrogen and oxygen atoms in total. The number of rotatable bonds is 2. The summed E-state index contributed by atoms with van der Waals surface area (Å²) < 4.78 is 0.260. The summed E-state index contributed by atoms with van der Waals surface area (Å²) in [6.07, 6.45) is 0. The topological polar surface area (TPSA) is 0 Å². The van der Waals surface area contributed by atoms with Crippen molar-refractivity contribution in [3.05, 3.63) is 23.6 Å². The van der Waals surface area contributed by atoms with E-state index in [-0.39, 0.29) is 4.75 Å². The third-order valence-electron chi connectivity index (χ3n) is 0.905. The molecule has 0 aliphatic carbocycles. The normalized spacial score (nSPS) is 11.2. The van der Waals surface area contributed by atoms with Crippen LogP contribution in [0.5, 0.6) is 0 Å². The quantitative estimate of drug-likeness (QED) is 0.550. The van der Waals surface area contributed by atoms with Gasteiger partial charge in [-0.05, 0) is 12.5 Å². The van der Waals surface area contributed by atoms with Crippen LogP contribution in [0.3, 0.4) is 0 Å². The lowest BCUT2D eigenvalue weighted by Gasteiger charge is -2.18. The van der Waals surface area contributed by atoms with Gasteiger partial charge in [0.1, 0.15) is 0 Å². The molecule has 0 aliphatic rings. The Labute approximate surface area is 68.4 Å². The Morgan fingerprint density at radius 3 is 1.70 bits per heavy atom. The Kier molecular flexibility index (Phi) is 3.23. The predicted molar refractivity (Wildman–Crippen MR) is 51.3 cm³/mol. The van der Waals surface area contributed by atoms with Gasteiger partial charge in [-0.2, -0.15) is 0 Å². The smallest absolute Gasteiger partial charge is 0.0122 e. The molecule has 1 heteroatoms. The number of hydrogen-bond donors (Lipinski definition) is 0. The highest BCUT2D eigenvalue weighted by Gasteiger charge is 2.12. The molecule has 0 aromatic rings. The van der Waals surface area contributed by atoms with E-state index in [1.165, 1.54) is 0 Å². The molecule has 10 heavy (non-hydrogen) atoms. The maximum Gasteiger partial charge on any atom is 0.0122 e. The summed E-state index contributed by atoms with van der Waals surface area (Å²) in [6, 6.07) is 0. The minimum atomic E-state index is 0.260. The molecular formula is C9H16S. The third-order valence-corrected chi connectivity index (χ3v) is 2.11. The van der Waals surface area contributed by atoms with E-state index in [4.69, 9.17) is 0 Å². The molecule has 0 saturated heterocycles. The van der Waals surface area contributed by atoms with Gasteiger partial charge in [0.2, 0.25) is 0 Å². The lowest BCUT2D eigenvalue weighted by Crippen LogP contribution is -2.07. The van der Waals surface area contributed by atoms with Gasteiger partial charge in [-0.3, -0.25) is 0 Å². The summed E-state index contributed by atoms with van der Waals surface area (Å²) in [7, 11) is 0. The number of thioether (sulfide) groups is 1. The molecule has 0 bridgehead atoms. The van der Waals surface area contributed by atoms with Crippen LogP contribution in [0.2, 0.25) is 0 Å². The summed E-state index contributed by atoms with van der Waals surface area (Å²) in [4.78, 5) is 1.09. The molecule has 0 atom stereocenters. The number of allylic oxidation sites excluding steroid dienone is 1. The first-order valence-corrected chi connectivity index (χ1v) is 4.18. The second-order valence-corrected chi connectivity index (χ2v) is 5.34.